The summed E-state index contributed by atoms with van der Waals surface area (Å²) in [6, 6.07) is 8.89. The van der Waals surface area contributed by atoms with Crippen molar-refractivity contribution in [3.05, 3.63) is 59.1 Å². The van der Waals surface area contributed by atoms with E-state index in [1.54, 1.807) is 0 Å². The molecule has 0 radical (unpaired) electrons. The summed E-state index contributed by atoms with van der Waals surface area (Å²) in [6.07, 6.45) is 9.20. The Morgan fingerprint density at radius 3 is 2.47 bits per heavy atom. The second kappa shape index (κ2) is 8.51. The lowest BCUT2D eigenvalue weighted by atomic mass is 9.99. The Labute approximate surface area is 198 Å². The van der Waals surface area contributed by atoms with Gasteiger partial charge < -0.3 is 19.3 Å². The van der Waals surface area contributed by atoms with Gasteiger partial charge in [0.15, 0.2) is 0 Å². The van der Waals surface area contributed by atoms with E-state index in [2.05, 4.69) is 39.1 Å². The number of hydrogen-bond acceptors (Lipinski definition) is 7. The topological polar surface area (TPSA) is 102 Å². The van der Waals surface area contributed by atoms with Crippen LogP contribution in [0.25, 0.3) is 11.3 Å². The molecule has 2 aliphatic heterocycles. The third-order valence-corrected chi connectivity index (χ3v) is 7.44. The second-order valence-electron chi connectivity index (χ2n) is 9.74. The molecule has 0 amide bonds. The zero-order valence-electron chi connectivity index (χ0n) is 19.2. The molecule has 2 saturated heterocycles. The Balaban J connectivity index is 1.18. The van der Waals surface area contributed by atoms with Crippen LogP contribution in [0, 0.1) is 6.92 Å². The molecule has 4 heterocycles. The number of carbonyl (C=O) groups is 1. The molecule has 2 aromatic heterocycles. The Bertz CT molecular complexity index is 1190. The van der Waals surface area contributed by atoms with E-state index in [-0.39, 0.29) is 11.7 Å². The third kappa shape index (κ3) is 3.86. The number of aromatic nitrogens is 3. The van der Waals surface area contributed by atoms with E-state index < -0.39 is 5.97 Å². The molecule has 3 fully saturated rings. The minimum absolute atomic E-state index is 0.110. The fourth-order valence-corrected chi connectivity index (χ4v) is 5.53. The van der Waals surface area contributed by atoms with Gasteiger partial charge in [-0.25, -0.2) is 14.8 Å². The monoisotopic (exact) mass is 460 g/mol. The molecular formula is C26H28N4O4. The van der Waals surface area contributed by atoms with Crippen LogP contribution in [0.1, 0.15) is 71.7 Å². The van der Waals surface area contributed by atoms with Crippen LogP contribution in [0.3, 0.4) is 0 Å². The van der Waals surface area contributed by atoms with Crippen molar-refractivity contribution in [2.45, 2.75) is 76.2 Å². The van der Waals surface area contributed by atoms with Crippen molar-refractivity contribution in [1.82, 2.24) is 15.1 Å². The van der Waals surface area contributed by atoms with Crippen molar-refractivity contribution in [3.8, 4) is 11.3 Å². The van der Waals surface area contributed by atoms with E-state index in [4.69, 9.17) is 14.4 Å². The van der Waals surface area contributed by atoms with Gasteiger partial charge in [-0.05, 0) is 51.0 Å². The molecule has 2 bridgehead atoms. The van der Waals surface area contributed by atoms with Crippen molar-refractivity contribution in [1.29, 1.82) is 0 Å². The largest absolute Gasteiger partial charge is 0.478 e. The average Bonchev–Trinajstić information content (AvgIpc) is 3.55. The Morgan fingerprint density at radius 1 is 1.12 bits per heavy atom. The van der Waals surface area contributed by atoms with Gasteiger partial charge >= 0.3 is 5.97 Å². The van der Waals surface area contributed by atoms with E-state index >= 15 is 0 Å². The fourth-order valence-electron chi connectivity index (χ4n) is 5.53. The van der Waals surface area contributed by atoms with Crippen molar-refractivity contribution in [3.63, 3.8) is 0 Å². The number of anilines is 1. The van der Waals surface area contributed by atoms with Gasteiger partial charge in [0.2, 0.25) is 5.95 Å². The van der Waals surface area contributed by atoms with Crippen molar-refractivity contribution < 1.29 is 19.2 Å². The lowest BCUT2D eigenvalue weighted by Gasteiger charge is -2.38. The van der Waals surface area contributed by atoms with Gasteiger partial charge in [0.05, 0.1) is 18.3 Å². The van der Waals surface area contributed by atoms with Crippen molar-refractivity contribution >= 4 is 11.9 Å². The summed E-state index contributed by atoms with van der Waals surface area (Å²) in [7, 11) is 0. The van der Waals surface area contributed by atoms with E-state index in [1.807, 2.05) is 12.1 Å². The molecule has 3 atom stereocenters. The molecule has 34 heavy (non-hydrogen) atoms. The lowest BCUT2D eigenvalue weighted by Crippen LogP contribution is -2.46. The Morgan fingerprint density at radius 2 is 1.82 bits per heavy atom. The maximum absolute atomic E-state index is 11.1. The lowest BCUT2D eigenvalue weighted by molar-refractivity contribution is 0.0144. The van der Waals surface area contributed by atoms with Crippen LogP contribution in [0.2, 0.25) is 0 Å². The first-order valence-electron chi connectivity index (χ1n) is 12.1. The van der Waals surface area contributed by atoms with Crippen LogP contribution in [-0.2, 0) is 11.3 Å². The highest BCUT2D eigenvalue weighted by Gasteiger charge is 2.43. The third-order valence-electron chi connectivity index (χ3n) is 7.44. The van der Waals surface area contributed by atoms with Gasteiger partial charge in [0.1, 0.15) is 11.5 Å². The predicted molar refractivity (Wildman–Crippen MR) is 125 cm³/mol. The van der Waals surface area contributed by atoms with Crippen LogP contribution >= 0.6 is 0 Å². The van der Waals surface area contributed by atoms with E-state index in [0.29, 0.717) is 30.6 Å². The van der Waals surface area contributed by atoms with Gasteiger partial charge in [0, 0.05) is 41.5 Å². The minimum Gasteiger partial charge on any atom is -0.478 e. The SMILES string of the molecule is Cc1ccccc1-c1noc(C2CC2)c1CO[C@@H]1CC2CC[C@@H](C1)N2c1ncc(C(=O)O)cn1. The van der Waals surface area contributed by atoms with Gasteiger partial charge in [0.25, 0.3) is 0 Å². The highest BCUT2D eigenvalue weighted by molar-refractivity contribution is 5.86. The van der Waals surface area contributed by atoms with E-state index in [9.17, 15) is 4.79 Å². The molecule has 3 aliphatic rings. The highest BCUT2D eigenvalue weighted by atomic mass is 16.5. The summed E-state index contributed by atoms with van der Waals surface area (Å²) in [5.74, 6) is 1.07. The fraction of sp³-hybridized carbons (Fsp3) is 0.462. The molecule has 1 N–H and O–H groups in total. The maximum Gasteiger partial charge on any atom is 0.338 e. The molecule has 1 saturated carbocycles. The van der Waals surface area contributed by atoms with Crippen LogP contribution in [0.4, 0.5) is 5.95 Å². The molecule has 8 nitrogen and oxygen atoms in total. The molecular weight excluding hydrogens is 432 g/mol. The van der Waals surface area contributed by atoms with Gasteiger partial charge in [-0.1, -0.05) is 29.4 Å². The number of fused-ring (bicyclic) bond motifs is 2. The summed E-state index contributed by atoms with van der Waals surface area (Å²) in [6.45, 7) is 2.61. The summed E-state index contributed by atoms with van der Waals surface area (Å²) in [5, 5.41) is 13.6. The number of aromatic carboxylic acids is 1. The highest BCUT2D eigenvalue weighted by Crippen LogP contribution is 2.45. The Kier molecular flexibility index (Phi) is 5.32. The molecule has 1 unspecified atom stereocenters. The van der Waals surface area contributed by atoms with Crippen LogP contribution in [-0.4, -0.2) is 44.4 Å². The van der Waals surface area contributed by atoms with Gasteiger partial charge in [-0.2, -0.15) is 0 Å². The second-order valence-corrected chi connectivity index (χ2v) is 9.74. The molecule has 1 aliphatic carbocycles. The number of hydrogen-bond donors (Lipinski definition) is 1. The number of piperidine rings is 1. The first-order chi connectivity index (χ1) is 16.6. The number of rotatable bonds is 7. The molecule has 1 aromatic carbocycles. The Hall–Kier alpha value is -3.26. The normalized spacial score (nSPS) is 23.9. The van der Waals surface area contributed by atoms with Gasteiger partial charge in [-0.15, -0.1) is 0 Å². The zero-order valence-corrected chi connectivity index (χ0v) is 19.2. The van der Waals surface area contributed by atoms with Gasteiger partial charge in [-0.3, -0.25) is 0 Å². The number of carboxylic acid groups (broad SMARTS) is 1. The van der Waals surface area contributed by atoms with E-state index in [0.717, 1.165) is 61.1 Å². The van der Waals surface area contributed by atoms with E-state index in [1.165, 1.54) is 18.0 Å². The summed E-state index contributed by atoms with van der Waals surface area (Å²) >= 11 is 0. The predicted octanol–water partition coefficient (Wildman–Crippen LogP) is 4.73. The maximum atomic E-state index is 11.1. The molecule has 176 valence electrons. The van der Waals surface area contributed by atoms with Crippen LogP contribution < -0.4 is 4.90 Å². The number of carboxylic acids is 1. The van der Waals surface area contributed by atoms with Crippen molar-refractivity contribution in [2.24, 2.45) is 0 Å². The number of ether oxygens (including phenoxy) is 1. The first kappa shape index (κ1) is 21.3. The number of aryl methyl sites for hydroxylation is 1. The smallest absolute Gasteiger partial charge is 0.338 e. The molecule has 6 rings (SSSR count). The first-order valence-corrected chi connectivity index (χ1v) is 12.1. The van der Waals surface area contributed by atoms with Crippen LogP contribution in [0.15, 0.2) is 41.2 Å². The molecule has 0 spiro atoms. The van der Waals surface area contributed by atoms with Crippen LogP contribution in [0.5, 0.6) is 0 Å². The number of benzene rings is 1. The average molecular weight is 461 g/mol. The number of nitrogens with zero attached hydrogens (tertiary/aromatic N) is 4. The summed E-state index contributed by atoms with van der Waals surface area (Å²) in [4.78, 5) is 22.1. The molecule has 8 heteroatoms. The zero-order chi connectivity index (χ0) is 23.2. The van der Waals surface area contributed by atoms with Crippen molar-refractivity contribution in [2.75, 3.05) is 4.90 Å². The summed E-state index contributed by atoms with van der Waals surface area (Å²) < 4.78 is 12.3. The quantitative estimate of drug-likeness (QED) is 0.540. The standard InChI is InChI=1S/C26H28N4O4/c1-15-4-2-3-5-21(15)23-22(24(34-29-23)16-6-7-16)14-33-20-10-18-8-9-19(11-20)30(18)26-27-12-17(13-28-26)25(31)32/h2-5,12-13,16,18-20H,6-11,14H2,1H3,(H,31,32)/t18-,19?,20-/m0/s1. The minimum atomic E-state index is -1.01. The molecule has 3 aromatic rings. The summed E-state index contributed by atoms with van der Waals surface area (Å²) in [5.41, 5.74) is 4.40.